The molecule has 1 unspecified atom stereocenters. The van der Waals surface area contributed by atoms with Crippen molar-refractivity contribution in [3.8, 4) is 0 Å². The molecule has 2 aliphatic heterocycles. The summed E-state index contributed by atoms with van der Waals surface area (Å²) in [6, 6.07) is 6.45. The molecule has 1 aromatic rings. The highest BCUT2D eigenvalue weighted by Gasteiger charge is 2.37. The number of fused-ring (bicyclic) bond motifs is 1. The van der Waals surface area contributed by atoms with Gasteiger partial charge in [0.05, 0.1) is 5.92 Å². The molecule has 3 rings (SSSR count). The first-order valence-electron chi connectivity index (χ1n) is 7.32. The molecule has 1 atom stereocenters. The van der Waals surface area contributed by atoms with Crippen LogP contribution in [-0.4, -0.2) is 19.0 Å². The monoisotopic (exact) mass is 258 g/mol. The molecule has 2 aliphatic rings. The number of carbonyl (C=O) groups excluding carboxylic acids is 1. The lowest BCUT2D eigenvalue weighted by Gasteiger charge is -2.27. The van der Waals surface area contributed by atoms with E-state index in [2.05, 4.69) is 42.7 Å². The minimum absolute atomic E-state index is 0.0656. The van der Waals surface area contributed by atoms with Gasteiger partial charge >= 0.3 is 0 Å². The van der Waals surface area contributed by atoms with Gasteiger partial charge in [-0.05, 0) is 55.0 Å². The number of piperidine rings is 1. The average molecular weight is 258 g/mol. The quantitative estimate of drug-likeness (QED) is 0.856. The second-order valence-electron chi connectivity index (χ2n) is 6.06. The number of hydrogen-bond donors (Lipinski definition) is 2. The zero-order chi connectivity index (χ0) is 13.4. The van der Waals surface area contributed by atoms with Crippen LogP contribution >= 0.6 is 0 Å². The van der Waals surface area contributed by atoms with E-state index in [1.54, 1.807) is 0 Å². The van der Waals surface area contributed by atoms with Crippen LogP contribution in [0, 0.1) is 5.92 Å². The molecule has 0 aliphatic carbocycles. The molecule has 3 heteroatoms. The van der Waals surface area contributed by atoms with Gasteiger partial charge in [-0.25, -0.2) is 0 Å². The van der Waals surface area contributed by atoms with E-state index < -0.39 is 0 Å². The Morgan fingerprint density at radius 2 is 1.95 bits per heavy atom. The van der Waals surface area contributed by atoms with Gasteiger partial charge in [-0.15, -0.1) is 0 Å². The molecule has 1 saturated heterocycles. The van der Waals surface area contributed by atoms with Crippen molar-refractivity contribution in [1.29, 1.82) is 0 Å². The van der Waals surface area contributed by atoms with Crippen molar-refractivity contribution < 1.29 is 4.79 Å². The van der Waals surface area contributed by atoms with Gasteiger partial charge in [0.15, 0.2) is 0 Å². The van der Waals surface area contributed by atoms with Gasteiger partial charge in [0, 0.05) is 5.69 Å². The zero-order valence-corrected chi connectivity index (χ0v) is 11.7. The third-order valence-electron chi connectivity index (χ3n) is 4.47. The first-order chi connectivity index (χ1) is 9.16. The van der Waals surface area contributed by atoms with Gasteiger partial charge in [0.25, 0.3) is 0 Å². The Hall–Kier alpha value is -1.35. The van der Waals surface area contributed by atoms with Crippen LogP contribution in [0.2, 0.25) is 0 Å². The van der Waals surface area contributed by atoms with Crippen molar-refractivity contribution in [3.05, 3.63) is 29.3 Å². The summed E-state index contributed by atoms with van der Waals surface area (Å²) >= 11 is 0. The van der Waals surface area contributed by atoms with E-state index in [1.165, 1.54) is 11.1 Å². The van der Waals surface area contributed by atoms with Gasteiger partial charge in [-0.2, -0.15) is 0 Å². The molecule has 0 saturated carbocycles. The number of hydrogen-bond acceptors (Lipinski definition) is 2. The van der Waals surface area contributed by atoms with Gasteiger partial charge in [0.1, 0.15) is 0 Å². The third kappa shape index (κ3) is 2.27. The van der Waals surface area contributed by atoms with Crippen LogP contribution in [0.4, 0.5) is 5.69 Å². The number of rotatable bonds is 2. The second kappa shape index (κ2) is 4.97. The molecular weight excluding hydrogens is 236 g/mol. The Balaban J connectivity index is 1.94. The van der Waals surface area contributed by atoms with Crippen molar-refractivity contribution in [2.75, 3.05) is 18.4 Å². The second-order valence-corrected chi connectivity index (χ2v) is 6.06. The van der Waals surface area contributed by atoms with Crippen molar-refractivity contribution in [2.24, 2.45) is 5.92 Å². The minimum Gasteiger partial charge on any atom is -0.325 e. The maximum Gasteiger partial charge on any atom is 0.232 e. The number of benzene rings is 1. The third-order valence-corrected chi connectivity index (χ3v) is 4.47. The first-order valence-corrected chi connectivity index (χ1v) is 7.32. The number of nitrogens with one attached hydrogen (secondary N) is 2. The molecular formula is C16H22N2O. The van der Waals surface area contributed by atoms with Crippen LogP contribution in [-0.2, 0) is 4.79 Å². The summed E-state index contributed by atoms with van der Waals surface area (Å²) in [5.41, 5.74) is 3.58. The van der Waals surface area contributed by atoms with E-state index in [1.807, 2.05) is 0 Å². The van der Waals surface area contributed by atoms with E-state index >= 15 is 0 Å². The van der Waals surface area contributed by atoms with Crippen molar-refractivity contribution in [2.45, 2.75) is 38.5 Å². The van der Waals surface area contributed by atoms with E-state index in [4.69, 9.17) is 0 Å². The summed E-state index contributed by atoms with van der Waals surface area (Å²) in [4.78, 5) is 12.3. The molecule has 0 aromatic heterocycles. The molecule has 1 aromatic carbocycles. The topological polar surface area (TPSA) is 41.1 Å². The lowest BCUT2D eigenvalue weighted by Crippen LogP contribution is -2.33. The summed E-state index contributed by atoms with van der Waals surface area (Å²) in [7, 11) is 0. The molecule has 1 amide bonds. The summed E-state index contributed by atoms with van der Waals surface area (Å²) in [5.74, 6) is 1.26. The molecule has 0 radical (unpaired) electrons. The standard InChI is InChI=1S/C16H22N2O/c1-10(2)12-3-4-14-13(9-12)15(16(19)18-14)11-5-7-17-8-6-11/h3-4,9-11,15,17H,5-8H2,1-2H3,(H,18,19). The highest BCUT2D eigenvalue weighted by atomic mass is 16.2. The molecule has 1 fully saturated rings. The molecule has 102 valence electrons. The Morgan fingerprint density at radius 1 is 1.21 bits per heavy atom. The normalized spacial score (nSPS) is 23.5. The van der Waals surface area contributed by atoms with Crippen molar-refractivity contribution >= 4 is 11.6 Å². The van der Waals surface area contributed by atoms with Crippen LogP contribution in [0.3, 0.4) is 0 Å². The molecule has 19 heavy (non-hydrogen) atoms. The lowest BCUT2D eigenvalue weighted by atomic mass is 9.80. The Bertz CT molecular complexity index is 490. The molecule has 0 spiro atoms. The van der Waals surface area contributed by atoms with Crippen LogP contribution < -0.4 is 10.6 Å². The Labute approximate surface area is 114 Å². The fourth-order valence-electron chi connectivity index (χ4n) is 3.31. The van der Waals surface area contributed by atoms with E-state index in [0.29, 0.717) is 11.8 Å². The highest BCUT2D eigenvalue weighted by molar-refractivity contribution is 6.03. The van der Waals surface area contributed by atoms with E-state index in [-0.39, 0.29) is 11.8 Å². The van der Waals surface area contributed by atoms with Crippen LogP contribution in [0.1, 0.15) is 49.7 Å². The summed E-state index contributed by atoms with van der Waals surface area (Å²) in [6.45, 7) is 6.47. The van der Waals surface area contributed by atoms with E-state index in [9.17, 15) is 4.79 Å². The van der Waals surface area contributed by atoms with Crippen LogP contribution in [0.5, 0.6) is 0 Å². The van der Waals surface area contributed by atoms with Crippen molar-refractivity contribution in [3.63, 3.8) is 0 Å². The lowest BCUT2D eigenvalue weighted by molar-refractivity contribution is -0.118. The maximum atomic E-state index is 12.3. The van der Waals surface area contributed by atoms with Gasteiger partial charge < -0.3 is 10.6 Å². The van der Waals surface area contributed by atoms with Crippen molar-refractivity contribution in [1.82, 2.24) is 5.32 Å². The SMILES string of the molecule is CC(C)c1ccc2c(c1)C(C1CCNCC1)C(=O)N2. The fourth-order valence-corrected chi connectivity index (χ4v) is 3.31. The Morgan fingerprint density at radius 3 is 2.63 bits per heavy atom. The first kappa shape index (κ1) is 12.7. The molecule has 2 heterocycles. The number of carbonyl (C=O) groups is 1. The molecule has 0 bridgehead atoms. The predicted molar refractivity (Wildman–Crippen MR) is 77.5 cm³/mol. The minimum atomic E-state index is 0.0656. The highest BCUT2D eigenvalue weighted by Crippen LogP contribution is 2.41. The number of amides is 1. The predicted octanol–water partition coefficient (Wildman–Crippen LogP) is 2.85. The molecule has 3 nitrogen and oxygen atoms in total. The van der Waals surface area contributed by atoms with Gasteiger partial charge in [0.2, 0.25) is 5.91 Å². The van der Waals surface area contributed by atoms with Gasteiger partial charge in [-0.1, -0.05) is 26.0 Å². The summed E-state index contributed by atoms with van der Waals surface area (Å²) < 4.78 is 0. The summed E-state index contributed by atoms with van der Waals surface area (Å²) in [5, 5.41) is 6.43. The Kier molecular flexibility index (Phi) is 3.31. The zero-order valence-electron chi connectivity index (χ0n) is 11.7. The van der Waals surface area contributed by atoms with Gasteiger partial charge in [-0.3, -0.25) is 4.79 Å². The fraction of sp³-hybridized carbons (Fsp3) is 0.562. The smallest absolute Gasteiger partial charge is 0.232 e. The van der Waals surface area contributed by atoms with E-state index in [0.717, 1.165) is 31.6 Å². The number of anilines is 1. The largest absolute Gasteiger partial charge is 0.325 e. The molecule has 2 N–H and O–H groups in total. The average Bonchev–Trinajstić information content (AvgIpc) is 2.74. The summed E-state index contributed by atoms with van der Waals surface area (Å²) in [6.07, 6.45) is 2.20. The maximum absolute atomic E-state index is 12.3. The van der Waals surface area contributed by atoms with Crippen LogP contribution in [0.25, 0.3) is 0 Å². The van der Waals surface area contributed by atoms with Crippen LogP contribution in [0.15, 0.2) is 18.2 Å².